The van der Waals surface area contributed by atoms with E-state index in [-0.39, 0.29) is 24.2 Å². The van der Waals surface area contributed by atoms with Crippen LogP contribution >= 0.6 is 0 Å². The third-order valence-electron chi connectivity index (χ3n) is 4.57. The predicted octanol–water partition coefficient (Wildman–Crippen LogP) is 2.38. The van der Waals surface area contributed by atoms with Gasteiger partial charge in [-0.15, -0.1) is 0 Å². The molecule has 114 valence electrons. The molecule has 2 aliphatic heterocycles. The Morgan fingerprint density at radius 3 is 2.86 bits per heavy atom. The summed E-state index contributed by atoms with van der Waals surface area (Å²) in [7, 11) is 0. The SMILES string of the molecule is CCC1NC(c2ccccc2C)N(CC2CCCO2)C1=O. The van der Waals surface area contributed by atoms with Crippen LogP contribution in [-0.4, -0.2) is 36.1 Å². The Morgan fingerprint density at radius 1 is 1.38 bits per heavy atom. The largest absolute Gasteiger partial charge is 0.376 e. The molecular formula is C17H24N2O2. The van der Waals surface area contributed by atoms with Crippen LogP contribution in [-0.2, 0) is 9.53 Å². The van der Waals surface area contributed by atoms with Gasteiger partial charge in [0, 0.05) is 13.2 Å². The van der Waals surface area contributed by atoms with E-state index in [4.69, 9.17) is 4.74 Å². The van der Waals surface area contributed by atoms with Gasteiger partial charge in [-0.2, -0.15) is 0 Å². The Hall–Kier alpha value is -1.39. The summed E-state index contributed by atoms with van der Waals surface area (Å²) in [4.78, 5) is 14.6. The zero-order chi connectivity index (χ0) is 14.8. The fraction of sp³-hybridized carbons (Fsp3) is 0.588. The zero-order valence-electron chi connectivity index (χ0n) is 12.8. The van der Waals surface area contributed by atoms with Crippen LogP contribution in [0.25, 0.3) is 0 Å². The minimum absolute atomic E-state index is 0.0205. The predicted molar refractivity (Wildman–Crippen MR) is 81.8 cm³/mol. The molecule has 4 nitrogen and oxygen atoms in total. The maximum Gasteiger partial charge on any atom is 0.241 e. The number of aryl methyl sites for hydroxylation is 1. The minimum Gasteiger partial charge on any atom is -0.376 e. The number of hydrogen-bond donors (Lipinski definition) is 1. The second-order valence-corrected chi connectivity index (χ2v) is 6.01. The van der Waals surface area contributed by atoms with Crippen LogP contribution < -0.4 is 5.32 Å². The average molecular weight is 288 g/mol. The van der Waals surface area contributed by atoms with Crippen LogP contribution in [0.1, 0.15) is 43.5 Å². The van der Waals surface area contributed by atoms with Gasteiger partial charge in [0.1, 0.15) is 6.17 Å². The van der Waals surface area contributed by atoms with Gasteiger partial charge in [-0.3, -0.25) is 10.1 Å². The molecule has 1 aromatic rings. The van der Waals surface area contributed by atoms with Gasteiger partial charge in [0.25, 0.3) is 0 Å². The first-order valence-electron chi connectivity index (χ1n) is 7.94. The number of carbonyl (C=O) groups is 1. The normalized spacial score (nSPS) is 29.3. The maximum absolute atomic E-state index is 12.6. The van der Waals surface area contributed by atoms with E-state index in [0.29, 0.717) is 6.54 Å². The highest BCUT2D eigenvalue weighted by molar-refractivity contribution is 5.84. The van der Waals surface area contributed by atoms with Gasteiger partial charge in [0.05, 0.1) is 12.1 Å². The molecule has 0 saturated carbocycles. The number of amides is 1. The number of hydrogen-bond acceptors (Lipinski definition) is 3. The van der Waals surface area contributed by atoms with Crippen LogP contribution in [0.15, 0.2) is 24.3 Å². The lowest BCUT2D eigenvalue weighted by Crippen LogP contribution is -2.37. The summed E-state index contributed by atoms with van der Waals surface area (Å²) in [6, 6.07) is 8.22. The number of benzene rings is 1. The van der Waals surface area contributed by atoms with Gasteiger partial charge in [-0.25, -0.2) is 0 Å². The first-order chi connectivity index (χ1) is 10.2. The molecule has 2 heterocycles. The second kappa shape index (κ2) is 6.16. The molecule has 1 aromatic carbocycles. The molecule has 2 saturated heterocycles. The topological polar surface area (TPSA) is 41.6 Å². The van der Waals surface area contributed by atoms with Crippen LogP contribution in [0.4, 0.5) is 0 Å². The van der Waals surface area contributed by atoms with Crippen molar-refractivity contribution in [3.05, 3.63) is 35.4 Å². The Labute approximate surface area is 126 Å². The molecule has 0 bridgehead atoms. The molecule has 0 radical (unpaired) electrons. The van der Waals surface area contributed by atoms with E-state index in [0.717, 1.165) is 25.9 Å². The summed E-state index contributed by atoms with van der Waals surface area (Å²) in [5.74, 6) is 0.209. The standard InChI is InChI=1S/C17H24N2O2/c1-3-15-17(20)19(11-13-8-6-10-21-13)16(18-15)14-9-5-4-7-12(14)2/h4-5,7,9,13,15-16,18H,3,6,8,10-11H2,1-2H3. The van der Waals surface area contributed by atoms with Crippen molar-refractivity contribution in [1.82, 2.24) is 10.2 Å². The molecule has 2 fully saturated rings. The first kappa shape index (κ1) is 14.5. The molecule has 1 amide bonds. The van der Waals surface area contributed by atoms with Gasteiger partial charge in [-0.1, -0.05) is 31.2 Å². The average Bonchev–Trinajstić information content (AvgIpc) is 3.10. The van der Waals surface area contributed by atoms with Gasteiger partial charge < -0.3 is 9.64 Å². The molecule has 0 aromatic heterocycles. The fourth-order valence-corrected chi connectivity index (χ4v) is 3.33. The molecule has 1 N–H and O–H groups in total. The summed E-state index contributed by atoms with van der Waals surface area (Å²) >= 11 is 0. The molecule has 3 unspecified atom stereocenters. The molecular weight excluding hydrogens is 264 g/mol. The van der Waals surface area contributed by atoms with Crippen molar-refractivity contribution in [3.63, 3.8) is 0 Å². The monoisotopic (exact) mass is 288 g/mol. The minimum atomic E-state index is -0.0731. The molecule has 0 spiro atoms. The summed E-state index contributed by atoms with van der Waals surface area (Å²) in [5.41, 5.74) is 2.41. The third kappa shape index (κ3) is 2.83. The van der Waals surface area contributed by atoms with Crippen LogP contribution in [0.5, 0.6) is 0 Å². The zero-order valence-corrected chi connectivity index (χ0v) is 12.8. The van der Waals surface area contributed by atoms with Gasteiger partial charge in [0.15, 0.2) is 0 Å². The molecule has 2 aliphatic rings. The highest BCUT2D eigenvalue weighted by atomic mass is 16.5. The summed E-state index contributed by atoms with van der Waals surface area (Å²) in [5, 5.41) is 3.49. The number of nitrogens with one attached hydrogen (secondary N) is 1. The summed E-state index contributed by atoms with van der Waals surface area (Å²) < 4.78 is 5.72. The van der Waals surface area contributed by atoms with Crippen molar-refractivity contribution in [2.45, 2.75) is 51.4 Å². The van der Waals surface area contributed by atoms with Gasteiger partial charge in [-0.05, 0) is 37.3 Å². The van der Waals surface area contributed by atoms with Gasteiger partial charge >= 0.3 is 0 Å². The van der Waals surface area contributed by atoms with Crippen molar-refractivity contribution in [2.75, 3.05) is 13.2 Å². The van der Waals surface area contributed by atoms with E-state index in [1.54, 1.807) is 0 Å². The van der Waals surface area contributed by atoms with Gasteiger partial charge in [0.2, 0.25) is 5.91 Å². The Kier molecular flexibility index (Phi) is 4.27. The van der Waals surface area contributed by atoms with E-state index in [2.05, 4.69) is 31.3 Å². The lowest BCUT2D eigenvalue weighted by Gasteiger charge is -2.28. The van der Waals surface area contributed by atoms with E-state index in [1.807, 2.05) is 17.0 Å². The molecule has 21 heavy (non-hydrogen) atoms. The first-order valence-corrected chi connectivity index (χ1v) is 7.94. The summed E-state index contributed by atoms with van der Waals surface area (Å²) in [6.07, 6.45) is 3.15. The highest BCUT2D eigenvalue weighted by Crippen LogP contribution is 2.30. The highest BCUT2D eigenvalue weighted by Gasteiger charge is 2.40. The van der Waals surface area contributed by atoms with Crippen molar-refractivity contribution < 1.29 is 9.53 Å². The van der Waals surface area contributed by atoms with Crippen molar-refractivity contribution >= 4 is 5.91 Å². The van der Waals surface area contributed by atoms with E-state index >= 15 is 0 Å². The number of rotatable bonds is 4. The van der Waals surface area contributed by atoms with Crippen LogP contribution in [0.2, 0.25) is 0 Å². The lowest BCUT2D eigenvalue weighted by atomic mass is 10.1. The van der Waals surface area contributed by atoms with Crippen molar-refractivity contribution in [1.29, 1.82) is 0 Å². The third-order valence-corrected chi connectivity index (χ3v) is 4.57. The van der Waals surface area contributed by atoms with Crippen LogP contribution in [0, 0.1) is 6.92 Å². The smallest absolute Gasteiger partial charge is 0.241 e. The van der Waals surface area contributed by atoms with E-state index < -0.39 is 0 Å². The van der Waals surface area contributed by atoms with Crippen molar-refractivity contribution in [3.8, 4) is 0 Å². The second-order valence-electron chi connectivity index (χ2n) is 6.01. The van der Waals surface area contributed by atoms with E-state index in [9.17, 15) is 4.79 Å². The molecule has 3 atom stereocenters. The number of nitrogens with zero attached hydrogens (tertiary/aromatic N) is 1. The summed E-state index contributed by atoms with van der Waals surface area (Å²) in [6.45, 7) is 5.68. The fourth-order valence-electron chi connectivity index (χ4n) is 3.33. The lowest BCUT2D eigenvalue weighted by molar-refractivity contribution is -0.131. The number of carbonyl (C=O) groups excluding carboxylic acids is 1. The number of ether oxygens (including phenoxy) is 1. The Bertz CT molecular complexity index is 511. The Morgan fingerprint density at radius 2 is 2.19 bits per heavy atom. The molecule has 4 heteroatoms. The molecule has 0 aliphatic carbocycles. The van der Waals surface area contributed by atoms with E-state index in [1.165, 1.54) is 11.1 Å². The molecule has 3 rings (SSSR count). The Balaban J connectivity index is 1.85. The quantitative estimate of drug-likeness (QED) is 0.925. The maximum atomic E-state index is 12.6. The van der Waals surface area contributed by atoms with Crippen LogP contribution in [0.3, 0.4) is 0 Å². The van der Waals surface area contributed by atoms with Crippen molar-refractivity contribution in [2.24, 2.45) is 0 Å².